The highest BCUT2D eigenvalue weighted by Gasteiger charge is 2.34. The summed E-state index contributed by atoms with van der Waals surface area (Å²) in [6, 6.07) is 6.20. The molecule has 32 heavy (non-hydrogen) atoms. The highest BCUT2D eigenvalue weighted by atomic mass is 16.6. The molecule has 3 rings (SSSR count). The quantitative estimate of drug-likeness (QED) is 0.613. The number of carbonyl (C=O) groups is 3. The molecule has 1 fully saturated rings. The lowest BCUT2D eigenvalue weighted by Gasteiger charge is -2.36. The molecule has 1 atom stereocenters. The first kappa shape index (κ1) is 23.4. The van der Waals surface area contributed by atoms with Gasteiger partial charge in [-0.3, -0.25) is 4.90 Å². The summed E-state index contributed by atoms with van der Waals surface area (Å²) in [5.74, 6) is 0.191. The van der Waals surface area contributed by atoms with Crippen molar-refractivity contribution in [2.45, 2.75) is 19.9 Å². The summed E-state index contributed by atoms with van der Waals surface area (Å²) < 4.78 is 15.6. The molecule has 10 nitrogen and oxygen atoms in total. The van der Waals surface area contributed by atoms with Gasteiger partial charge in [0.15, 0.2) is 0 Å². The Morgan fingerprint density at radius 3 is 2.34 bits per heavy atom. The molecule has 1 unspecified atom stereocenters. The van der Waals surface area contributed by atoms with E-state index in [0.29, 0.717) is 63.0 Å². The average Bonchev–Trinajstić information content (AvgIpc) is 2.79. The minimum absolute atomic E-state index is 0.327. The fourth-order valence-electron chi connectivity index (χ4n) is 3.79. The zero-order chi connectivity index (χ0) is 23.1. The Morgan fingerprint density at radius 2 is 1.75 bits per heavy atom. The highest BCUT2D eigenvalue weighted by Crippen LogP contribution is 2.29. The van der Waals surface area contributed by atoms with E-state index in [4.69, 9.17) is 14.2 Å². The highest BCUT2D eigenvalue weighted by molar-refractivity contribution is 5.95. The number of methoxy groups -OCH3 is 1. The van der Waals surface area contributed by atoms with Gasteiger partial charge in [0.05, 0.1) is 31.9 Å². The first-order valence-corrected chi connectivity index (χ1v) is 10.7. The second kappa shape index (κ2) is 10.9. The van der Waals surface area contributed by atoms with E-state index in [9.17, 15) is 14.4 Å². The van der Waals surface area contributed by atoms with Crippen LogP contribution in [0.2, 0.25) is 0 Å². The maximum Gasteiger partial charge on any atom is 0.409 e. The van der Waals surface area contributed by atoms with E-state index >= 15 is 0 Å². The minimum Gasteiger partial charge on any atom is -0.494 e. The Kier molecular flexibility index (Phi) is 7.93. The Morgan fingerprint density at radius 1 is 1.06 bits per heavy atom. The van der Waals surface area contributed by atoms with E-state index in [1.54, 1.807) is 24.0 Å². The van der Waals surface area contributed by atoms with Crippen LogP contribution in [0.4, 0.5) is 9.59 Å². The number of rotatable bonds is 7. The molecule has 174 valence electrons. The fourth-order valence-corrected chi connectivity index (χ4v) is 3.79. The molecule has 0 saturated carbocycles. The van der Waals surface area contributed by atoms with Gasteiger partial charge in [-0.05, 0) is 31.5 Å². The van der Waals surface area contributed by atoms with Gasteiger partial charge in [-0.25, -0.2) is 14.4 Å². The largest absolute Gasteiger partial charge is 0.494 e. The summed E-state index contributed by atoms with van der Waals surface area (Å²) in [6.07, 6.45) is -0.327. The monoisotopic (exact) mass is 446 g/mol. The van der Waals surface area contributed by atoms with Crippen molar-refractivity contribution in [3.63, 3.8) is 0 Å². The number of ether oxygens (including phenoxy) is 3. The molecule has 2 N–H and O–H groups in total. The van der Waals surface area contributed by atoms with Gasteiger partial charge in [0.2, 0.25) is 0 Å². The lowest BCUT2D eigenvalue weighted by Crippen LogP contribution is -2.52. The van der Waals surface area contributed by atoms with Crippen LogP contribution >= 0.6 is 0 Å². The van der Waals surface area contributed by atoms with Crippen molar-refractivity contribution >= 4 is 18.1 Å². The number of hydrogen-bond donors (Lipinski definition) is 2. The van der Waals surface area contributed by atoms with Crippen molar-refractivity contribution in [3.8, 4) is 5.75 Å². The number of hydrogen-bond acceptors (Lipinski definition) is 7. The Labute approximate surface area is 187 Å². The number of nitrogens with one attached hydrogen (secondary N) is 2. The first-order chi connectivity index (χ1) is 15.5. The van der Waals surface area contributed by atoms with Crippen LogP contribution in [0.3, 0.4) is 0 Å². The van der Waals surface area contributed by atoms with Crippen LogP contribution in [0.25, 0.3) is 0 Å². The van der Waals surface area contributed by atoms with Gasteiger partial charge in [0, 0.05) is 38.4 Å². The Balaban J connectivity index is 1.80. The van der Waals surface area contributed by atoms with E-state index in [1.807, 2.05) is 19.1 Å². The van der Waals surface area contributed by atoms with Gasteiger partial charge in [-0.15, -0.1) is 0 Å². The van der Waals surface area contributed by atoms with Crippen molar-refractivity contribution in [2.75, 3.05) is 53.0 Å². The van der Waals surface area contributed by atoms with Crippen molar-refractivity contribution in [1.29, 1.82) is 0 Å². The predicted molar refractivity (Wildman–Crippen MR) is 116 cm³/mol. The topological polar surface area (TPSA) is 109 Å². The van der Waals surface area contributed by atoms with Gasteiger partial charge in [-0.2, -0.15) is 0 Å². The van der Waals surface area contributed by atoms with Crippen LogP contribution < -0.4 is 15.4 Å². The third-order valence-corrected chi connectivity index (χ3v) is 5.36. The second-order valence-corrected chi connectivity index (χ2v) is 7.38. The molecule has 2 aliphatic heterocycles. The van der Waals surface area contributed by atoms with Gasteiger partial charge in [-0.1, -0.05) is 12.1 Å². The first-order valence-electron chi connectivity index (χ1n) is 10.7. The zero-order valence-electron chi connectivity index (χ0n) is 18.7. The maximum atomic E-state index is 12.7. The number of carbonyl (C=O) groups excluding carboxylic acids is 3. The predicted octanol–water partition coefficient (Wildman–Crippen LogP) is 1.64. The number of piperazine rings is 1. The second-order valence-electron chi connectivity index (χ2n) is 7.38. The fraction of sp³-hybridized carbons (Fsp3) is 0.500. The molecule has 2 aliphatic rings. The summed E-state index contributed by atoms with van der Waals surface area (Å²) in [5, 5.41) is 5.59. The van der Waals surface area contributed by atoms with Crippen molar-refractivity contribution in [2.24, 2.45) is 0 Å². The van der Waals surface area contributed by atoms with Crippen molar-refractivity contribution in [3.05, 3.63) is 41.1 Å². The molecule has 3 amide bonds. The molecule has 2 heterocycles. The Bertz CT molecular complexity index is 862. The average molecular weight is 447 g/mol. The van der Waals surface area contributed by atoms with E-state index < -0.39 is 18.0 Å². The molecule has 1 aromatic rings. The number of nitrogens with zero attached hydrogens (tertiary/aromatic N) is 2. The van der Waals surface area contributed by atoms with E-state index in [-0.39, 0.29) is 6.09 Å². The molecule has 0 spiro atoms. The number of esters is 1. The molecule has 0 radical (unpaired) electrons. The number of benzene rings is 1. The van der Waals surface area contributed by atoms with E-state index in [0.717, 1.165) is 5.56 Å². The summed E-state index contributed by atoms with van der Waals surface area (Å²) in [5.41, 5.74) is 1.58. The summed E-state index contributed by atoms with van der Waals surface area (Å²) in [4.78, 5) is 40.8. The molecule has 10 heteroatoms. The van der Waals surface area contributed by atoms with Gasteiger partial charge < -0.3 is 29.7 Å². The Hall–Kier alpha value is -3.27. The van der Waals surface area contributed by atoms with Gasteiger partial charge in [0.25, 0.3) is 0 Å². The summed E-state index contributed by atoms with van der Waals surface area (Å²) in [7, 11) is 1.32. The van der Waals surface area contributed by atoms with Crippen LogP contribution in [0.1, 0.15) is 25.5 Å². The van der Waals surface area contributed by atoms with Crippen molar-refractivity contribution in [1.82, 2.24) is 20.4 Å². The smallest absolute Gasteiger partial charge is 0.409 e. The number of amides is 3. The molecule has 1 saturated heterocycles. The molecule has 0 aromatic heterocycles. The van der Waals surface area contributed by atoms with Crippen LogP contribution in [0.15, 0.2) is 35.5 Å². The lowest BCUT2D eigenvalue weighted by atomic mass is 9.95. The zero-order valence-corrected chi connectivity index (χ0v) is 18.7. The number of urea groups is 1. The normalized spacial score (nSPS) is 19.2. The molecule has 0 bridgehead atoms. The van der Waals surface area contributed by atoms with Crippen LogP contribution in [0.5, 0.6) is 5.75 Å². The van der Waals surface area contributed by atoms with Gasteiger partial charge in [0.1, 0.15) is 5.75 Å². The molecule has 1 aromatic carbocycles. The van der Waals surface area contributed by atoms with E-state index in [1.165, 1.54) is 7.11 Å². The minimum atomic E-state index is -0.650. The van der Waals surface area contributed by atoms with Crippen LogP contribution in [0, 0.1) is 0 Å². The summed E-state index contributed by atoms with van der Waals surface area (Å²) >= 11 is 0. The van der Waals surface area contributed by atoms with Crippen molar-refractivity contribution < 1.29 is 28.6 Å². The molecular weight excluding hydrogens is 416 g/mol. The van der Waals surface area contributed by atoms with Crippen LogP contribution in [-0.2, 0) is 14.3 Å². The maximum absolute atomic E-state index is 12.7. The third kappa shape index (κ3) is 5.50. The summed E-state index contributed by atoms with van der Waals surface area (Å²) in [6.45, 7) is 7.10. The molecule has 0 aliphatic carbocycles. The SMILES string of the molecule is CCOC(=O)N1CCN(CC2=C(C(=O)OC)C(c3ccc(OCC)cc3)NC(=O)N2)CC1. The molecular formula is C22H30N4O6. The standard InChI is InChI=1S/C22H30N4O6/c1-4-31-16-8-6-15(7-9-16)19-18(20(27)30-3)17(23-21(28)24-19)14-25-10-12-26(13-11-25)22(29)32-5-2/h6-9,19H,4-5,10-14H2,1-3H3,(H2,23,24,28). The van der Waals surface area contributed by atoms with Gasteiger partial charge >= 0.3 is 18.1 Å². The lowest BCUT2D eigenvalue weighted by molar-refractivity contribution is -0.136. The van der Waals surface area contributed by atoms with Crippen LogP contribution in [-0.4, -0.2) is 80.9 Å². The third-order valence-electron chi connectivity index (χ3n) is 5.36. The van der Waals surface area contributed by atoms with E-state index in [2.05, 4.69) is 15.5 Å².